The number of hydrogen-bond donors (Lipinski definition) is 7. The van der Waals surface area contributed by atoms with Crippen LogP contribution in [0, 0.1) is 42.9 Å². The molecule has 0 aromatic carbocycles. The van der Waals surface area contributed by atoms with E-state index in [-0.39, 0.29) is 31.1 Å². The summed E-state index contributed by atoms with van der Waals surface area (Å²) in [6.45, 7) is -2.05. The van der Waals surface area contributed by atoms with Crippen molar-refractivity contribution in [3.8, 4) is 0 Å². The summed E-state index contributed by atoms with van der Waals surface area (Å²) >= 11 is 0. The van der Waals surface area contributed by atoms with Gasteiger partial charge in [-0.05, 0) is 0 Å². The van der Waals surface area contributed by atoms with Gasteiger partial charge in [0, 0.05) is 45.3 Å². The molecule has 0 radical (unpaired) electrons. The Morgan fingerprint density at radius 2 is 1.41 bits per heavy atom. The van der Waals surface area contributed by atoms with Gasteiger partial charge in [0.2, 0.25) is 0 Å². The van der Waals surface area contributed by atoms with Crippen molar-refractivity contribution in [2.45, 2.75) is 80.0 Å². The number of ether oxygens (including phenoxy) is 8. The average molecular weight is 793 g/mol. The number of methoxy groups -OCH3 is 2. The summed E-state index contributed by atoms with van der Waals surface area (Å²) in [7, 11) is 2.29. The molecule has 3 saturated heterocycles. The van der Waals surface area contributed by atoms with E-state index < -0.39 is 104 Å². The molecule has 0 amide bonds. The van der Waals surface area contributed by atoms with Crippen molar-refractivity contribution in [2.24, 2.45) is 11.8 Å². The molecule has 1 aliphatic carbocycles. The molecule has 1 saturated carbocycles. The fraction of sp³-hybridized carbons (Fsp3) is 0.850. The largest absolute Gasteiger partial charge is 0.541 e. The van der Waals surface area contributed by atoms with Crippen LogP contribution in [-0.2, 0) is 52.3 Å². The SMILES string of the molecule is COC1OC2(O)C([C-]=O)C(O[C@@H]3OC(O)[C@@H](OC4OC(C(=O)O)C(OC)C(O)C4O)C(C(=O)O)O3)C(O)C12.[U]. The zero-order chi connectivity index (χ0) is 28.1. The van der Waals surface area contributed by atoms with Crippen molar-refractivity contribution < 1.29 is 119 Å². The Morgan fingerprint density at radius 3 is 1.95 bits per heavy atom. The summed E-state index contributed by atoms with van der Waals surface area (Å²) in [4.78, 5) is 34.9. The smallest absolute Gasteiger partial charge is 0.336 e. The van der Waals surface area contributed by atoms with Crippen molar-refractivity contribution in [1.82, 2.24) is 0 Å². The van der Waals surface area contributed by atoms with E-state index in [2.05, 4.69) is 0 Å². The molecule has 18 nitrogen and oxygen atoms in total. The molecule has 220 valence electrons. The summed E-state index contributed by atoms with van der Waals surface area (Å²) in [5.41, 5.74) is 0. The fourth-order valence-electron chi connectivity index (χ4n) is 4.95. The molecule has 0 bridgehead atoms. The molecule has 4 fully saturated rings. The first-order valence-electron chi connectivity index (χ1n) is 11.2. The van der Waals surface area contributed by atoms with Crippen LogP contribution in [0.3, 0.4) is 0 Å². The van der Waals surface area contributed by atoms with Gasteiger partial charge in [-0.2, -0.15) is 0 Å². The monoisotopic (exact) mass is 793 g/mol. The van der Waals surface area contributed by atoms with Crippen LogP contribution in [0.5, 0.6) is 0 Å². The summed E-state index contributed by atoms with van der Waals surface area (Å²) < 4.78 is 40.9. The Hall–Kier alpha value is -0.858. The maximum absolute atomic E-state index is 11.9. The van der Waals surface area contributed by atoms with Gasteiger partial charge in [0.05, 0.1) is 18.1 Å². The zero-order valence-electron chi connectivity index (χ0n) is 20.2. The second-order valence-electron chi connectivity index (χ2n) is 8.94. The third kappa shape index (κ3) is 5.64. The van der Waals surface area contributed by atoms with Gasteiger partial charge in [0.25, 0.3) is 6.48 Å². The minimum absolute atomic E-state index is 0. The van der Waals surface area contributed by atoms with Crippen LogP contribution in [-0.4, -0.2) is 148 Å². The quantitative estimate of drug-likeness (QED) is 0.108. The topological polar surface area (TPSA) is 267 Å². The van der Waals surface area contributed by atoms with Crippen LogP contribution in [0.15, 0.2) is 0 Å². The van der Waals surface area contributed by atoms with Crippen LogP contribution in [0.1, 0.15) is 0 Å². The second kappa shape index (κ2) is 12.6. The Labute approximate surface area is 242 Å². The number of carboxylic acids is 2. The van der Waals surface area contributed by atoms with Crippen LogP contribution in [0.4, 0.5) is 0 Å². The van der Waals surface area contributed by atoms with Gasteiger partial charge in [-0.1, -0.05) is 5.92 Å². The third-order valence-electron chi connectivity index (χ3n) is 6.86. The van der Waals surface area contributed by atoms with Crippen molar-refractivity contribution >= 4 is 18.2 Å². The first kappa shape index (κ1) is 32.7. The molecule has 39 heavy (non-hydrogen) atoms. The number of aliphatic hydroxyl groups is 5. The molecule has 4 aliphatic rings. The maximum Gasteiger partial charge on any atom is 0.336 e. The molecular formula is C20H27O18U-. The van der Waals surface area contributed by atoms with Gasteiger partial charge >= 0.3 is 11.9 Å². The molecule has 3 heterocycles. The number of carbonyl (C=O) groups is 2. The van der Waals surface area contributed by atoms with Gasteiger partial charge in [-0.15, -0.1) is 0 Å². The van der Waals surface area contributed by atoms with E-state index in [1.165, 1.54) is 13.4 Å². The number of aliphatic hydroxyl groups excluding tert-OH is 4. The molecule has 19 heteroatoms. The number of aliphatic carboxylic acids is 2. The van der Waals surface area contributed by atoms with Gasteiger partial charge in [-0.3, -0.25) is 11.0 Å². The van der Waals surface area contributed by atoms with E-state index >= 15 is 0 Å². The zero-order valence-corrected chi connectivity index (χ0v) is 24.4. The molecule has 15 atom stereocenters. The van der Waals surface area contributed by atoms with E-state index in [4.69, 9.17) is 37.9 Å². The number of hydrogen-bond acceptors (Lipinski definition) is 16. The van der Waals surface area contributed by atoms with E-state index in [1.54, 1.807) is 0 Å². The molecule has 7 N–H and O–H groups in total. The Bertz CT molecular complexity index is 908. The summed E-state index contributed by atoms with van der Waals surface area (Å²) in [6, 6.07) is 0. The minimum atomic E-state index is -2.20. The predicted octanol–water partition coefficient (Wildman–Crippen LogP) is -5.19. The van der Waals surface area contributed by atoms with Gasteiger partial charge < -0.3 is 73.7 Å². The molecule has 0 spiro atoms. The van der Waals surface area contributed by atoms with Crippen molar-refractivity contribution in [3.63, 3.8) is 0 Å². The van der Waals surface area contributed by atoms with Crippen LogP contribution in [0.25, 0.3) is 0 Å². The Kier molecular flexibility index (Phi) is 10.5. The summed E-state index contributed by atoms with van der Waals surface area (Å²) in [5.74, 6) is -8.28. The van der Waals surface area contributed by atoms with Gasteiger partial charge in [-0.25, -0.2) is 9.59 Å². The van der Waals surface area contributed by atoms with E-state index in [9.17, 15) is 50.1 Å². The van der Waals surface area contributed by atoms with Crippen LogP contribution < -0.4 is 0 Å². The number of carboxylic acid groups (broad SMARTS) is 2. The predicted molar refractivity (Wildman–Crippen MR) is 108 cm³/mol. The van der Waals surface area contributed by atoms with E-state index in [1.807, 2.05) is 0 Å². The van der Waals surface area contributed by atoms with Crippen LogP contribution in [0.2, 0.25) is 0 Å². The van der Waals surface area contributed by atoms with Crippen molar-refractivity contribution in [2.75, 3.05) is 14.2 Å². The van der Waals surface area contributed by atoms with Crippen LogP contribution >= 0.6 is 0 Å². The second-order valence-corrected chi connectivity index (χ2v) is 8.94. The summed E-state index contributed by atoms with van der Waals surface area (Å²) in [6.07, 6.45) is -18.2. The minimum Gasteiger partial charge on any atom is -0.541 e. The first-order chi connectivity index (χ1) is 17.9. The normalized spacial score (nSPS) is 49.3. The van der Waals surface area contributed by atoms with Crippen molar-refractivity contribution in [1.29, 1.82) is 0 Å². The van der Waals surface area contributed by atoms with Gasteiger partial charge in [0.1, 0.15) is 24.4 Å². The molecule has 13 unspecified atom stereocenters. The number of carbonyl (C=O) groups excluding carboxylic acids is 1. The van der Waals surface area contributed by atoms with E-state index in [0.717, 1.165) is 7.11 Å². The third-order valence-corrected chi connectivity index (χ3v) is 6.86. The average Bonchev–Trinajstić information content (AvgIpc) is 3.00. The molecule has 0 aromatic heterocycles. The molecule has 0 aromatic rings. The van der Waals surface area contributed by atoms with Gasteiger partial charge in [0.15, 0.2) is 36.9 Å². The molecule has 3 aliphatic heterocycles. The maximum atomic E-state index is 11.9. The number of rotatable bonds is 9. The first-order valence-corrected chi connectivity index (χ1v) is 11.2. The van der Waals surface area contributed by atoms with E-state index in [0.29, 0.717) is 0 Å². The molecule has 4 rings (SSSR count). The Morgan fingerprint density at radius 1 is 0.795 bits per heavy atom. The molecular weight excluding hydrogens is 766 g/mol. The number of fused-ring (bicyclic) bond motifs is 1. The Balaban J connectivity index is 0.00000420. The fourth-order valence-corrected chi connectivity index (χ4v) is 4.95. The summed E-state index contributed by atoms with van der Waals surface area (Å²) in [5, 5.41) is 71.2. The van der Waals surface area contributed by atoms with Crippen molar-refractivity contribution in [3.05, 3.63) is 0 Å². The standard InChI is InChI=1S/C20H27O18.U/c1-31-10-7(23)8(24)18(33-11(10)14(25)26)34-13-12(15(27)28)36-19(37-16(13)29)35-9-4(3-21)20(30)5(6(9)22)17(32-2)38-20;/h4-13,16-19,22-24,29-30H,1-2H3,(H,25,26)(H,27,28);/q-1;/t4?,5?,6?,7?,8?,9?,10?,11?,12?,13-,16?,17?,18?,19-,20?;/m0./s1.